The Hall–Kier alpha value is -2.65. The summed E-state index contributed by atoms with van der Waals surface area (Å²) >= 11 is 0. The van der Waals surface area contributed by atoms with Crippen molar-refractivity contribution >= 4 is 29.7 Å². The molecule has 10 nitrogen and oxygen atoms in total. The number of amides is 3. The summed E-state index contributed by atoms with van der Waals surface area (Å²) in [7, 11) is 0. The Morgan fingerprint density at radius 3 is 2.12 bits per heavy atom. The molecule has 0 aliphatic heterocycles. The van der Waals surface area contributed by atoms with Crippen LogP contribution >= 0.6 is 0 Å². The lowest BCUT2D eigenvalue weighted by Gasteiger charge is -2.14. The molecule has 10 heteroatoms. The molecule has 0 fully saturated rings. The van der Waals surface area contributed by atoms with Crippen molar-refractivity contribution in [3.63, 3.8) is 0 Å². The normalized spacial score (nSPS) is 11.2. The first-order chi connectivity index (χ1) is 11.3. The molecule has 0 saturated carbocycles. The van der Waals surface area contributed by atoms with Gasteiger partial charge in [0.05, 0.1) is 0 Å². The number of carboxylic acid groups (broad SMARTS) is 2. The van der Waals surface area contributed by atoms with Gasteiger partial charge in [-0.3, -0.25) is 14.4 Å². The van der Waals surface area contributed by atoms with Gasteiger partial charge < -0.3 is 26.2 Å². The molecule has 3 amide bonds. The lowest BCUT2D eigenvalue weighted by atomic mass is 10.1. The van der Waals surface area contributed by atoms with Crippen molar-refractivity contribution in [3.8, 4) is 0 Å². The lowest BCUT2D eigenvalue weighted by molar-refractivity contribution is -0.150. The van der Waals surface area contributed by atoms with Gasteiger partial charge in [-0.15, -0.1) is 0 Å². The second-order valence-electron chi connectivity index (χ2n) is 5.01. The number of hydrogen-bond donors (Lipinski definition) is 5. The molecular formula is C14H23N3O7. The van der Waals surface area contributed by atoms with Gasteiger partial charge in [-0.2, -0.15) is 0 Å². The van der Waals surface area contributed by atoms with Crippen LogP contribution in [0.25, 0.3) is 0 Å². The molecule has 0 aromatic rings. The van der Waals surface area contributed by atoms with Crippen molar-refractivity contribution < 1.29 is 34.2 Å². The Balaban J connectivity index is 4.11. The monoisotopic (exact) mass is 345 g/mol. The largest absolute Gasteiger partial charge is 0.480 e. The third-order valence-electron chi connectivity index (χ3n) is 2.93. The molecular weight excluding hydrogens is 322 g/mol. The van der Waals surface area contributed by atoms with Gasteiger partial charge in [-0.25, -0.2) is 9.59 Å². The molecule has 1 atom stereocenters. The Morgan fingerprint density at radius 2 is 1.58 bits per heavy atom. The van der Waals surface area contributed by atoms with Crippen molar-refractivity contribution in [1.82, 2.24) is 16.0 Å². The van der Waals surface area contributed by atoms with Crippen molar-refractivity contribution in [2.24, 2.45) is 0 Å². The Labute approximate surface area is 139 Å². The van der Waals surface area contributed by atoms with Gasteiger partial charge in [0.25, 0.3) is 0 Å². The minimum Gasteiger partial charge on any atom is -0.480 e. The molecule has 0 saturated heterocycles. The standard InChI is InChI=1S/C14H23N3O7/c1-2-7-15-10(18)6-5-9(13(21)22)17-11(19)4-3-8-16-12(20)14(23)24/h9H,2-8H2,1H3,(H,15,18)(H,16,20)(H,17,19)(H,21,22)(H,23,24)/t9-/m0/s1. The summed E-state index contributed by atoms with van der Waals surface area (Å²) in [5.41, 5.74) is 0. The van der Waals surface area contributed by atoms with Gasteiger partial charge in [0.2, 0.25) is 11.8 Å². The smallest absolute Gasteiger partial charge is 0.394 e. The molecule has 0 unspecified atom stereocenters. The number of rotatable bonds is 11. The van der Waals surface area contributed by atoms with E-state index < -0.39 is 29.8 Å². The number of nitrogens with one attached hydrogen (secondary N) is 3. The molecule has 5 N–H and O–H groups in total. The van der Waals surface area contributed by atoms with Gasteiger partial charge in [0.15, 0.2) is 0 Å². The van der Waals surface area contributed by atoms with E-state index >= 15 is 0 Å². The summed E-state index contributed by atoms with van der Waals surface area (Å²) in [4.78, 5) is 55.2. The number of carbonyl (C=O) groups excluding carboxylic acids is 3. The second-order valence-corrected chi connectivity index (χ2v) is 5.01. The van der Waals surface area contributed by atoms with Crippen molar-refractivity contribution in [2.75, 3.05) is 13.1 Å². The van der Waals surface area contributed by atoms with Crippen LogP contribution in [-0.2, 0) is 24.0 Å². The highest BCUT2D eigenvalue weighted by Crippen LogP contribution is 2.00. The van der Waals surface area contributed by atoms with E-state index in [9.17, 15) is 24.0 Å². The van der Waals surface area contributed by atoms with E-state index in [0.717, 1.165) is 6.42 Å². The maximum absolute atomic E-state index is 11.6. The quantitative estimate of drug-likeness (QED) is 0.233. The molecule has 24 heavy (non-hydrogen) atoms. The van der Waals surface area contributed by atoms with Crippen LogP contribution in [0.4, 0.5) is 0 Å². The number of carboxylic acids is 2. The second kappa shape index (κ2) is 11.9. The fourth-order valence-corrected chi connectivity index (χ4v) is 1.68. The first kappa shape index (κ1) is 21.4. The third-order valence-corrected chi connectivity index (χ3v) is 2.93. The number of hydrogen-bond acceptors (Lipinski definition) is 5. The minimum atomic E-state index is -1.62. The Morgan fingerprint density at radius 1 is 0.917 bits per heavy atom. The number of carbonyl (C=O) groups is 5. The van der Waals surface area contributed by atoms with Gasteiger partial charge in [0.1, 0.15) is 6.04 Å². The highest BCUT2D eigenvalue weighted by molar-refractivity contribution is 6.31. The van der Waals surface area contributed by atoms with E-state index in [-0.39, 0.29) is 38.1 Å². The predicted octanol–water partition coefficient (Wildman–Crippen LogP) is -1.16. The van der Waals surface area contributed by atoms with Crippen LogP contribution in [0, 0.1) is 0 Å². The first-order valence-electron chi connectivity index (χ1n) is 7.57. The zero-order valence-electron chi connectivity index (χ0n) is 13.5. The van der Waals surface area contributed by atoms with E-state index in [2.05, 4.69) is 16.0 Å². The molecule has 0 aromatic carbocycles. The molecule has 0 aliphatic carbocycles. The summed E-state index contributed by atoms with van der Waals surface area (Å²) in [6.45, 7) is 2.38. The molecule has 0 spiro atoms. The molecule has 0 aromatic heterocycles. The predicted molar refractivity (Wildman–Crippen MR) is 82.0 cm³/mol. The summed E-state index contributed by atoms with van der Waals surface area (Å²) in [5, 5.41) is 24.4. The van der Waals surface area contributed by atoms with Crippen molar-refractivity contribution in [2.45, 2.75) is 45.1 Å². The SMILES string of the molecule is CCCNC(=O)CC[C@H](NC(=O)CCCNC(=O)C(=O)O)C(=O)O. The maximum Gasteiger partial charge on any atom is 0.394 e. The zero-order valence-corrected chi connectivity index (χ0v) is 13.5. The Kier molecular flexibility index (Phi) is 10.5. The minimum absolute atomic E-state index is 0.0181. The fraction of sp³-hybridized carbons (Fsp3) is 0.643. The molecule has 0 aliphatic rings. The van der Waals surface area contributed by atoms with Crippen molar-refractivity contribution in [3.05, 3.63) is 0 Å². The van der Waals surface area contributed by atoms with E-state index in [1.807, 2.05) is 6.92 Å². The van der Waals surface area contributed by atoms with Crippen LogP contribution in [0.3, 0.4) is 0 Å². The van der Waals surface area contributed by atoms with Crippen molar-refractivity contribution in [1.29, 1.82) is 0 Å². The maximum atomic E-state index is 11.6. The van der Waals surface area contributed by atoms with Crippen LogP contribution in [0.15, 0.2) is 0 Å². The Bertz CT molecular complexity index is 479. The summed E-state index contributed by atoms with van der Waals surface area (Å²) in [6, 6.07) is -1.18. The zero-order chi connectivity index (χ0) is 18.5. The van der Waals surface area contributed by atoms with Crippen LogP contribution in [0.2, 0.25) is 0 Å². The van der Waals surface area contributed by atoms with Crippen LogP contribution in [0.5, 0.6) is 0 Å². The first-order valence-corrected chi connectivity index (χ1v) is 7.57. The lowest BCUT2D eigenvalue weighted by Crippen LogP contribution is -2.42. The highest BCUT2D eigenvalue weighted by Gasteiger charge is 2.20. The van der Waals surface area contributed by atoms with Crippen LogP contribution < -0.4 is 16.0 Å². The van der Waals surface area contributed by atoms with Crippen LogP contribution in [-0.4, -0.2) is 59.0 Å². The van der Waals surface area contributed by atoms with Gasteiger partial charge >= 0.3 is 17.8 Å². The average molecular weight is 345 g/mol. The molecule has 136 valence electrons. The van der Waals surface area contributed by atoms with E-state index in [4.69, 9.17) is 10.2 Å². The van der Waals surface area contributed by atoms with Gasteiger partial charge in [0, 0.05) is 25.9 Å². The highest BCUT2D eigenvalue weighted by atomic mass is 16.4. The van der Waals surface area contributed by atoms with Gasteiger partial charge in [-0.1, -0.05) is 6.92 Å². The van der Waals surface area contributed by atoms with Crippen LogP contribution in [0.1, 0.15) is 39.0 Å². The molecule has 0 radical (unpaired) electrons. The average Bonchev–Trinajstić information content (AvgIpc) is 2.52. The van der Waals surface area contributed by atoms with Gasteiger partial charge in [-0.05, 0) is 19.3 Å². The topological polar surface area (TPSA) is 162 Å². The summed E-state index contributed by atoms with van der Waals surface area (Å²) in [6.07, 6.45) is 0.793. The van der Waals surface area contributed by atoms with E-state index in [1.54, 1.807) is 0 Å². The third kappa shape index (κ3) is 10.1. The number of aliphatic carboxylic acids is 2. The molecule has 0 rings (SSSR count). The summed E-state index contributed by atoms with van der Waals surface area (Å²) < 4.78 is 0. The molecule has 0 heterocycles. The van der Waals surface area contributed by atoms with E-state index in [0.29, 0.717) is 6.54 Å². The molecule has 0 bridgehead atoms. The van der Waals surface area contributed by atoms with E-state index in [1.165, 1.54) is 0 Å². The summed E-state index contributed by atoms with van der Waals surface area (Å²) in [5.74, 6) is -4.87. The fourth-order valence-electron chi connectivity index (χ4n) is 1.68.